The summed E-state index contributed by atoms with van der Waals surface area (Å²) in [6.07, 6.45) is 0.600. The van der Waals surface area contributed by atoms with Crippen LogP contribution in [0, 0.1) is 0 Å². The molecule has 2 aliphatic rings. The first-order valence-corrected chi connectivity index (χ1v) is 12.4. The maximum atomic E-state index is 12.7. The lowest BCUT2D eigenvalue weighted by atomic mass is 10.0. The molecule has 0 aromatic rings. The third kappa shape index (κ3) is 7.91. The molecule has 0 radical (unpaired) electrons. The van der Waals surface area contributed by atoms with Gasteiger partial charge in [-0.1, -0.05) is 31.9 Å². The number of hydrogen-bond donors (Lipinski definition) is 0. The van der Waals surface area contributed by atoms with Crippen molar-refractivity contribution in [2.75, 3.05) is 6.54 Å². The van der Waals surface area contributed by atoms with E-state index in [4.69, 9.17) is 9.68 Å². The Kier molecular flexibility index (Phi) is 11.1. The maximum Gasteiger partial charge on any atom is 0.334 e. The van der Waals surface area contributed by atoms with Gasteiger partial charge in [-0.05, 0) is 22.5 Å². The van der Waals surface area contributed by atoms with E-state index in [9.17, 15) is 38.4 Å². The third-order valence-corrected chi connectivity index (χ3v) is 5.53. The molecule has 5 amide bonds. The van der Waals surface area contributed by atoms with Crippen LogP contribution in [0.2, 0.25) is 0 Å². The summed E-state index contributed by atoms with van der Waals surface area (Å²) in [6.45, 7) is -0.365. The summed E-state index contributed by atoms with van der Waals surface area (Å²) in [5.74, 6) is -5.97. The highest BCUT2D eigenvalue weighted by molar-refractivity contribution is 9.11. The van der Waals surface area contributed by atoms with Gasteiger partial charge in [0.2, 0.25) is 5.91 Å². The Labute approximate surface area is 221 Å². The summed E-state index contributed by atoms with van der Waals surface area (Å²) < 4.78 is 0. The van der Waals surface area contributed by atoms with Crippen LogP contribution >= 0.6 is 31.9 Å². The number of amides is 5. The molecule has 0 aliphatic carbocycles. The molecule has 0 spiro atoms. The first-order chi connectivity index (χ1) is 17.1. The Balaban J connectivity index is 2.11. The van der Waals surface area contributed by atoms with Crippen molar-refractivity contribution >= 4 is 79.1 Å². The normalized spacial score (nSPS) is 16.8. The predicted molar refractivity (Wildman–Crippen MR) is 125 cm³/mol. The molecule has 13 nitrogen and oxygen atoms in total. The SMILES string of the molecule is O=C(CCC(C(=O)/C=C/Br)N(CCC(=O)ON1C(=O)CCC1=O)C(=O)/C=C/Br)ON1C(=O)CCC1=O. The summed E-state index contributed by atoms with van der Waals surface area (Å²) in [7, 11) is 0. The van der Waals surface area contributed by atoms with Crippen LogP contribution in [0.4, 0.5) is 0 Å². The van der Waals surface area contributed by atoms with E-state index in [2.05, 4.69) is 31.9 Å². The van der Waals surface area contributed by atoms with Gasteiger partial charge < -0.3 is 14.6 Å². The Morgan fingerprint density at radius 3 is 1.67 bits per heavy atom. The molecular weight excluding hydrogens is 614 g/mol. The average Bonchev–Trinajstić information content (AvgIpc) is 3.31. The highest BCUT2D eigenvalue weighted by atomic mass is 79.9. The zero-order chi connectivity index (χ0) is 26.8. The fraction of sp³-hybridized carbons (Fsp3) is 0.429. The standard InChI is InChI=1S/C21H21Br2N3O10/c22-10-7-14(27)13(1-6-20(33)35-25-16(29)2-3-17(25)30)24(15(28)8-11-23)12-9-21(34)36-26-18(31)4-5-19(26)32/h7-8,10-11,13H,1-6,9,12H2/b10-7+,11-8+. The maximum absolute atomic E-state index is 12.7. The number of hydroxylamine groups is 4. The molecule has 2 heterocycles. The minimum atomic E-state index is -1.25. The molecular formula is C21H21Br2N3O10. The van der Waals surface area contributed by atoms with Gasteiger partial charge in [0.25, 0.3) is 23.6 Å². The van der Waals surface area contributed by atoms with E-state index in [-0.39, 0.29) is 38.6 Å². The molecule has 2 aliphatic heterocycles. The third-order valence-electron chi connectivity index (χ3n) is 5.00. The molecule has 0 N–H and O–H groups in total. The fourth-order valence-electron chi connectivity index (χ4n) is 3.27. The molecule has 1 unspecified atom stereocenters. The zero-order valence-corrected chi connectivity index (χ0v) is 21.9. The van der Waals surface area contributed by atoms with Crippen molar-refractivity contribution < 1.29 is 48.0 Å². The van der Waals surface area contributed by atoms with Crippen molar-refractivity contribution in [1.29, 1.82) is 0 Å². The Bertz CT molecular complexity index is 913. The molecule has 36 heavy (non-hydrogen) atoms. The second-order valence-corrected chi connectivity index (χ2v) is 8.47. The van der Waals surface area contributed by atoms with Crippen molar-refractivity contribution in [1.82, 2.24) is 15.0 Å². The van der Waals surface area contributed by atoms with Gasteiger partial charge in [0.15, 0.2) is 5.78 Å². The number of imide groups is 2. The van der Waals surface area contributed by atoms with E-state index in [0.29, 0.717) is 10.1 Å². The number of nitrogens with zero attached hydrogens (tertiary/aromatic N) is 3. The predicted octanol–water partition coefficient (Wildman–Crippen LogP) is 0.955. The van der Waals surface area contributed by atoms with E-state index in [1.807, 2.05) is 0 Å². The van der Waals surface area contributed by atoms with Gasteiger partial charge in [-0.15, -0.1) is 10.1 Å². The quantitative estimate of drug-likeness (QED) is 0.223. The molecule has 0 saturated carbocycles. The van der Waals surface area contributed by atoms with E-state index >= 15 is 0 Å². The first kappa shape index (κ1) is 29.0. The Morgan fingerprint density at radius 1 is 0.778 bits per heavy atom. The van der Waals surface area contributed by atoms with Gasteiger partial charge in [0, 0.05) is 38.3 Å². The fourth-order valence-corrected chi connectivity index (χ4v) is 3.76. The van der Waals surface area contributed by atoms with E-state index in [1.165, 1.54) is 9.97 Å². The van der Waals surface area contributed by atoms with Crippen LogP contribution in [0.25, 0.3) is 0 Å². The number of hydrogen-bond acceptors (Lipinski definition) is 10. The summed E-state index contributed by atoms with van der Waals surface area (Å²) in [5, 5.41) is 0.727. The van der Waals surface area contributed by atoms with Gasteiger partial charge in [-0.2, -0.15) is 0 Å². The van der Waals surface area contributed by atoms with Crippen molar-refractivity contribution in [3.8, 4) is 0 Å². The van der Waals surface area contributed by atoms with Gasteiger partial charge in [0.1, 0.15) is 0 Å². The number of carbonyl (C=O) groups is 8. The van der Waals surface area contributed by atoms with Crippen LogP contribution in [-0.4, -0.2) is 74.9 Å². The number of ketones is 1. The van der Waals surface area contributed by atoms with Gasteiger partial charge in [-0.25, -0.2) is 9.59 Å². The van der Waals surface area contributed by atoms with Gasteiger partial charge in [-0.3, -0.25) is 28.8 Å². The van der Waals surface area contributed by atoms with Crippen LogP contribution in [-0.2, 0) is 48.0 Å². The highest BCUT2D eigenvalue weighted by Gasteiger charge is 2.35. The van der Waals surface area contributed by atoms with Gasteiger partial charge >= 0.3 is 11.9 Å². The minimum absolute atomic E-state index is 0.0881. The van der Waals surface area contributed by atoms with Crippen LogP contribution in [0.15, 0.2) is 22.1 Å². The Morgan fingerprint density at radius 2 is 1.22 bits per heavy atom. The molecule has 0 bridgehead atoms. The molecule has 15 heteroatoms. The number of halogens is 2. The molecule has 2 fully saturated rings. The molecule has 0 aromatic heterocycles. The molecule has 0 aromatic carbocycles. The Hall–Kier alpha value is -3.20. The number of carbonyl (C=O) groups excluding carboxylic acids is 8. The largest absolute Gasteiger partial charge is 0.334 e. The summed E-state index contributed by atoms with van der Waals surface area (Å²) in [4.78, 5) is 110. The van der Waals surface area contributed by atoms with Crippen LogP contribution in [0.3, 0.4) is 0 Å². The second kappa shape index (κ2) is 13.8. The van der Waals surface area contributed by atoms with Crippen molar-refractivity contribution in [2.24, 2.45) is 0 Å². The van der Waals surface area contributed by atoms with Crippen LogP contribution in [0.5, 0.6) is 0 Å². The van der Waals surface area contributed by atoms with E-state index < -0.39 is 66.1 Å². The highest BCUT2D eigenvalue weighted by Crippen LogP contribution is 2.17. The minimum Gasteiger partial charge on any atom is -0.330 e. The van der Waals surface area contributed by atoms with Crippen LogP contribution in [0.1, 0.15) is 44.9 Å². The first-order valence-electron chi connectivity index (χ1n) is 10.6. The number of rotatable bonds is 12. The molecule has 2 rings (SSSR count). The summed E-state index contributed by atoms with van der Waals surface area (Å²) >= 11 is 5.92. The smallest absolute Gasteiger partial charge is 0.330 e. The van der Waals surface area contributed by atoms with Gasteiger partial charge in [0.05, 0.1) is 18.9 Å². The second-order valence-electron chi connectivity index (χ2n) is 7.41. The average molecular weight is 635 g/mol. The molecule has 2 saturated heterocycles. The van der Waals surface area contributed by atoms with Crippen LogP contribution < -0.4 is 0 Å². The monoisotopic (exact) mass is 633 g/mol. The lowest BCUT2D eigenvalue weighted by Crippen LogP contribution is -2.46. The lowest BCUT2D eigenvalue weighted by Gasteiger charge is -2.29. The molecule has 1 atom stereocenters. The lowest BCUT2D eigenvalue weighted by molar-refractivity contribution is -0.198. The van der Waals surface area contributed by atoms with Crippen molar-refractivity contribution in [3.63, 3.8) is 0 Å². The van der Waals surface area contributed by atoms with Crippen molar-refractivity contribution in [3.05, 3.63) is 22.1 Å². The van der Waals surface area contributed by atoms with E-state index in [0.717, 1.165) is 17.1 Å². The molecule has 194 valence electrons. The zero-order valence-electron chi connectivity index (χ0n) is 18.7. The van der Waals surface area contributed by atoms with Crippen molar-refractivity contribution in [2.45, 2.75) is 51.0 Å². The summed E-state index contributed by atoms with van der Waals surface area (Å²) in [6, 6.07) is -1.25. The summed E-state index contributed by atoms with van der Waals surface area (Å²) in [5.41, 5.74) is 0. The topological polar surface area (TPSA) is 165 Å². The van der Waals surface area contributed by atoms with E-state index in [1.54, 1.807) is 0 Å².